The van der Waals surface area contributed by atoms with Crippen molar-refractivity contribution in [1.29, 1.82) is 5.26 Å². The van der Waals surface area contributed by atoms with Crippen molar-refractivity contribution in [2.24, 2.45) is 7.05 Å². The summed E-state index contributed by atoms with van der Waals surface area (Å²) in [5, 5.41) is 17.1. The molecule has 3 N–H and O–H groups in total. The van der Waals surface area contributed by atoms with Gasteiger partial charge in [0.2, 0.25) is 0 Å². The lowest BCUT2D eigenvalue weighted by Crippen LogP contribution is -2.01. The maximum absolute atomic E-state index is 11.5. The molecule has 0 aliphatic rings. The number of thiophene rings is 1. The van der Waals surface area contributed by atoms with Gasteiger partial charge in [-0.1, -0.05) is 0 Å². The summed E-state index contributed by atoms with van der Waals surface area (Å²) in [7, 11) is 1.87. The number of carbonyl (C=O) groups excluding carboxylic acids is 1. The molecule has 0 aliphatic heterocycles. The van der Waals surface area contributed by atoms with Crippen molar-refractivity contribution in [3.63, 3.8) is 0 Å². The van der Waals surface area contributed by atoms with Gasteiger partial charge in [-0.3, -0.25) is 9.48 Å². The SMILES string of the molecule is CC(=O)c1sc(NCc2cnn(C)c2C)c(C#N)c1N. The average molecular weight is 289 g/mol. The first-order valence-corrected chi connectivity index (χ1v) is 6.82. The second kappa shape index (κ2) is 5.35. The lowest BCUT2D eigenvalue weighted by Gasteiger charge is -2.04. The first-order chi connectivity index (χ1) is 9.45. The number of hydrogen-bond acceptors (Lipinski definition) is 6. The second-order valence-corrected chi connectivity index (χ2v) is 5.47. The van der Waals surface area contributed by atoms with Crippen LogP contribution in [0.1, 0.15) is 33.4 Å². The number of nitrogens with two attached hydrogens (primary N) is 1. The summed E-state index contributed by atoms with van der Waals surface area (Å²) in [5.74, 6) is -0.130. The molecule has 2 heterocycles. The first-order valence-electron chi connectivity index (χ1n) is 6.00. The normalized spacial score (nSPS) is 10.3. The van der Waals surface area contributed by atoms with Gasteiger partial charge in [-0.25, -0.2) is 0 Å². The van der Waals surface area contributed by atoms with Gasteiger partial charge in [0.1, 0.15) is 16.6 Å². The summed E-state index contributed by atoms with van der Waals surface area (Å²) in [6.07, 6.45) is 1.78. The molecule has 0 fully saturated rings. The van der Waals surface area contributed by atoms with E-state index in [1.807, 2.05) is 20.0 Å². The van der Waals surface area contributed by atoms with E-state index in [9.17, 15) is 4.79 Å². The molecule has 0 unspecified atom stereocenters. The molecule has 104 valence electrons. The summed E-state index contributed by atoms with van der Waals surface area (Å²) in [5.41, 5.74) is 8.51. The zero-order chi connectivity index (χ0) is 14.9. The smallest absolute Gasteiger partial charge is 0.171 e. The van der Waals surface area contributed by atoms with Gasteiger partial charge in [-0.2, -0.15) is 10.4 Å². The number of carbonyl (C=O) groups is 1. The highest BCUT2D eigenvalue weighted by atomic mass is 32.1. The molecule has 0 spiro atoms. The van der Waals surface area contributed by atoms with E-state index in [1.165, 1.54) is 18.3 Å². The van der Waals surface area contributed by atoms with Crippen LogP contribution >= 0.6 is 11.3 Å². The monoisotopic (exact) mass is 289 g/mol. The predicted molar refractivity (Wildman–Crippen MR) is 78.7 cm³/mol. The lowest BCUT2D eigenvalue weighted by molar-refractivity contribution is 0.102. The van der Waals surface area contributed by atoms with E-state index in [2.05, 4.69) is 10.4 Å². The van der Waals surface area contributed by atoms with Gasteiger partial charge < -0.3 is 11.1 Å². The van der Waals surface area contributed by atoms with Crippen LogP contribution in [0.3, 0.4) is 0 Å². The molecule has 2 rings (SSSR count). The number of nitrogens with one attached hydrogen (secondary N) is 1. The van der Waals surface area contributed by atoms with Crippen LogP contribution in [0, 0.1) is 18.3 Å². The van der Waals surface area contributed by atoms with E-state index in [0.717, 1.165) is 11.3 Å². The third-order valence-electron chi connectivity index (χ3n) is 3.15. The quantitative estimate of drug-likeness (QED) is 0.840. The van der Waals surface area contributed by atoms with Gasteiger partial charge in [0.25, 0.3) is 0 Å². The van der Waals surface area contributed by atoms with Crippen LogP contribution in [-0.4, -0.2) is 15.6 Å². The minimum absolute atomic E-state index is 0.130. The van der Waals surface area contributed by atoms with E-state index >= 15 is 0 Å². The van der Waals surface area contributed by atoms with Crippen molar-refractivity contribution >= 4 is 27.8 Å². The summed E-state index contributed by atoms with van der Waals surface area (Å²) in [4.78, 5) is 11.9. The van der Waals surface area contributed by atoms with Crippen LogP contribution in [0.15, 0.2) is 6.20 Å². The Hall–Kier alpha value is -2.33. The average Bonchev–Trinajstić information content (AvgIpc) is 2.89. The third kappa shape index (κ3) is 2.38. The number of rotatable bonds is 4. The van der Waals surface area contributed by atoms with Crippen LogP contribution in [0.5, 0.6) is 0 Å². The minimum Gasteiger partial charge on any atom is -0.396 e. The van der Waals surface area contributed by atoms with E-state index in [0.29, 0.717) is 22.0 Å². The molecule has 20 heavy (non-hydrogen) atoms. The van der Waals surface area contributed by atoms with E-state index in [4.69, 9.17) is 11.0 Å². The number of nitrogens with zero attached hydrogens (tertiary/aromatic N) is 3. The van der Waals surface area contributed by atoms with Crippen molar-refractivity contribution in [2.75, 3.05) is 11.1 Å². The fourth-order valence-corrected chi connectivity index (χ4v) is 2.80. The number of nitrogen functional groups attached to an aromatic ring is 1. The molecule has 0 radical (unpaired) electrons. The molecular formula is C13H15N5OS. The van der Waals surface area contributed by atoms with Crippen LogP contribution in [0.25, 0.3) is 0 Å². The molecular weight excluding hydrogens is 274 g/mol. The Balaban J connectivity index is 2.26. The Morgan fingerprint density at radius 2 is 2.35 bits per heavy atom. The summed E-state index contributed by atoms with van der Waals surface area (Å²) in [6, 6.07) is 2.05. The van der Waals surface area contributed by atoms with Crippen molar-refractivity contribution in [3.8, 4) is 6.07 Å². The summed E-state index contributed by atoms with van der Waals surface area (Å²) in [6.45, 7) is 3.95. The van der Waals surface area contributed by atoms with E-state index in [1.54, 1.807) is 10.9 Å². The first kappa shape index (κ1) is 14.1. The highest BCUT2D eigenvalue weighted by Gasteiger charge is 2.18. The Morgan fingerprint density at radius 3 is 2.85 bits per heavy atom. The Bertz CT molecular complexity index is 707. The van der Waals surface area contributed by atoms with Crippen molar-refractivity contribution < 1.29 is 4.79 Å². The molecule has 0 amide bonds. The van der Waals surface area contributed by atoms with Gasteiger partial charge in [-0.15, -0.1) is 11.3 Å². The molecule has 0 bridgehead atoms. The number of aryl methyl sites for hydroxylation is 1. The number of aromatic nitrogens is 2. The van der Waals surface area contributed by atoms with Crippen LogP contribution in [0.2, 0.25) is 0 Å². The third-order valence-corrected chi connectivity index (χ3v) is 4.42. The largest absolute Gasteiger partial charge is 0.396 e. The van der Waals surface area contributed by atoms with Gasteiger partial charge in [0, 0.05) is 31.8 Å². The Morgan fingerprint density at radius 1 is 1.65 bits per heavy atom. The minimum atomic E-state index is -0.130. The van der Waals surface area contributed by atoms with Crippen molar-refractivity contribution in [1.82, 2.24) is 9.78 Å². The molecule has 0 saturated heterocycles. The van der Waals surface area contributed by atoms with Crippen LogP contribution < -0.4 is 11.1 Å². The van der Waals surface area contributed by atoms with Crippen molar-refractivity contribution in [3.05, 3.63) is 27.9 Å². The molecule has 0 aromatic carbocycles. The van der Waals surface area contributed by atoms with Gasteiger partial charge in [0.05, 0.1) is 16.8 Å². The van der Waals surface area contributed by atoms with Crippen molar-refractivity contribution in [2.45, 2.75) is 20.4 Å². The zero-order valence-corrected chi connectivity index (χ0v) is 12.3. The fraction of sp³-hybridized carbons (Fsp3) is 0.308. The number of hydrogen-bond donors (Lipinski definition) is 2. The highest BCUT2D eigenvalue weighted by Crippen LogP contribution is 2.35. The van der Waals surface area contributed by atoms with Crippen LogP contribution in [0.4, 0.5) is 10.7 Å². The summed E-state index contributed by atoms with van der Waals surface area (Å²) < 4.78 is 1.78. The highest BCUT2D eigenvalue weighted by molar-refractivity contribution is 7.18. The van der Waals surface area contributed by atoms with E-state index in [-0.39, 0.29) is 11.5 Å². The number of Topliss-reactive ketones (excluding diaryl/α,β-unsaturated/α-hetero) is 1. The zero-order valence-electron chi connectivity index (χ0n) is 11.5. The topological polar surface area (TPSA) is 96.7 Å². The lowest BCUT2D eigenvalue weighted by atomic mass is 10.2. The van der Waals surface area contributed by atoms with Gasteiger partial charge in [0.15, 0.2) is 5.78 Å². The fourth-order valence-electron chi connectivity index (χ4n) is 1.83. The number of ketones is 1. The molecule has 0 atom stereocenters. The number of nitriles is 1. The molecule has 7 heteroatoms. The molecule has 2 aromatic heterocycles. The Labute approximate surface area is 120 Å². The Kier molecular flexibility index (Phi) is 3.77. The number of anilines is 2. The standard InChI is InChI=1S/C13H15N5OS/c1-7-9(6-17-18(7)3)5-16-13-10(4-14)11(15)12(20-13)8(2)19/h6,16H,5,15H2,1-3H3. The van der Waals surface area contributed by atoms with E-state index < -0.39 is 0 Å². The molecule has 6 nitrogen and oxygen atoms in total. The molecule has 0 aliphatic carbocycles. The summed E-state index contributed by atoms with van der Waals surface area (Å²) >= 11 is 1.22. The second-order valence-electron chi connectivity index (χ2n) is 4.45. The molecule has 0 saturated carbocycles. The molecule has 2 aromatic rings. The predicted octanol–water partition coefficient (Wildman–Crippen LogP) is 2.06. The maximum Gasteiger partial charge on any atom is 0.171 e. The van der Waals surface area contributed by atoms with Gasteiger partial charge >= 0.3 is 0 Å². The van der Waals surface area contributed by atoms with Gasteiger partial charge in [-0.05, 0) is 6.92 Å². The maximum atomic E-state index is 11.5. The van der Waals surface area contributed by atoms with Crippen LogP contribution in [-0.2, 0) is 13.6 Å².